The molecule has 0 radical (unpaired) electrons. The average Bonchev–Trinajstić information content (AvgIpc) is 3.89. The highest BCUT2D eigenvalue weighted by Gasteiger charge is 2.26. The molecule has 0 aliphatic heterocycles. The van der Waals surface area contributed by atoms with Crippen molar-refractivity contribution >= 4 is 76.3 Å². The van der Waals surface area contributed by atoms with Crippen LogP contribution in [-0.2, 0) is 0 Å². The second kappa shape index (κ2) is 9.06. The maximum absolute atomic E-state index is 6.47. The van der Waals surface area contributed by atoms with Gasteiger partial charge in [0.25, 0.3) is 0 Å². The van der Waals surface area contributed by atoms with Gasteiger partial charge in [-0.25, -0.2) is 0 Å². The lowest BCUT2D eigenvalue weighted by Gasteiger charge is -2.13. The molecule has 226 valence electrons. The van der Waals surface area contributed by atoms with E-state index in [1.165, 1.54) is 82.0 Å². The topological polar surface area (TPSA) is 23.0 Å². The van der Waals surface area contributed by atoms with Gasteiger partial charge in [0.1, 0.15) is 11.2 Å². The number of aromatic nitrogens is 2. The number of rotatable bonds is 2. The van der Waals surface area contributed by atoms with Crippen molar-refractivity contribution < 1.29 is 4.42 Å². The second-order valence-electron chi connectivity index (χ2n) is 13.3. The Morgan fingerprint density at radius 3 is 1.96 bits per heavy atom. The minimum Gasteiger partial charge on any atom is -0.456 e. The van der Waals surface area contributed by atoms with Crippen molar-refractivity contribution in [3.63, 3.8) is 0 Å². The van der Waals surface area contributed by atoms with Gasteiger partial charge >= 0.3 is 0 Å². The predicted molar refractivity (Wildman–Crippen MR) is 204 cm³/mol. The quantitative estimate of drug-likeness (QED) is 0.188. The summed E-state index contributed by atoms with van der Waals surface area (Å²) in [6.07, 6.45) is 0. The van der Waals surface area contributed by atoms with Crippen LogP contribution in [-0.4, -0.2) is 9.13 Å². The lowest BCUT2D eigenvalue weighted by Crippen LogP contribution is -1.96. The zero-order valence-corrected chi connectivity index (χ0v) is 26.3. The molecule has 49 heavy (non-hydrogen) atoms. The first kappa shape index (κ1) is 25.5. The van der Waals surface area contributed by atoms with Crippen LogP contribution < -0.4 is 0 Å². The van der Waals surface area contributed by atoms with E-state index in [4.69, 9.17) is 4.42 Å². The largest absolute Gasteiger partial charge is 0.456 e. The van der Waals surface area contributed by atoms with E-state index in [0.717, 1.165) is 27.9 Å². The third-order valence-electron chi connectivity index (χ3n) is 10.8. The summed E-state index contributed by atoms with van der Waals surface area (Å²) in [6, 6.07) is 57.5. The molecule has 0 unspecified atom stereocenters. The summed E-state index contributed by atoms with van der Waals surface area (Å²) in [4.78, 5) is 0. The number of furan rings is 1. The Morgan fingerprint density at radius 1 is 0.347 bits per heavy atom. The second-order valence-corrected chi connectivity index (χ2v) is 13.3. The van der Waals surface area contributed by atoms with Crippen molar-refractivity contribution in [1.29, 1.82) is 0 Å². The van der Waals surface area contributed by atoms with E-state index in [2.05, 4.69) is 167 Å². The molecule has 0 N–H and O–H groups in total. The van der Waals surface area contributed by atoms with Gasteiger partial charge in [0.2, 0.25) is 0 Å². The van der Waals surface area contributed by atoms with Crippen molar-refractivity contribution in [2.45, 2.75) is 0 Å². The van der Waals surface area contributed by atoms with E-state index in [1.807, 2.05) is 0 Å². The minimum absolute atomic E-state index is 0.912. The highest BCUT2D eigenvalue weighted by Crippen LogP contribution is 2.50. The Labute approximate surface area is 280 Å². The molecular weight excluding hydrogens is 597 g/mol. The van der Waals surface area contributed by atoms with Crippen LogP contribution in [0.25, 0.3) is 110 Å². The molecule has 3 aromatic heterocycles. The first-order chi connectivity index (χ1) is 24.3. The van der Waals surface area contributed by atoms with Gasteiger partial charge in [0.05, 0.1) is 22.1 Å². The van der Waals surface area contributed by atoms with Crippen LogP contribution in [0.2, 0.25) is 0 Å². The average molecular weight is 623 g/mol. The summed E-state index contributed by atoms with van der Waals surface area (Å²) in [5.74, 6) is 0. The molecule has 0 amide bonds. The molecule has 0 atom stereocenters. The van der Waals surface area contributed by atoms with Crippen LogP contribution in [0.15, 0.2) is 162 Å². The highest BCUT2D eigenvalue weighted by molar-refractivity contribution is 6.33. The van der Waals surface area contributed by atoms with Crippen molar-refractivity contribution in [3.05, 3.63) is 158 Å². The molecule has 0 saturated carbocycles. The molecule has 0 spiro atoms. The van der Waals surface area contributed by atoms with Gasteiger partial charge in [-0.05, 0) is 87.6 Å². The monoisotopic (exact) mass is 622 g/mol. The summed E-state index contributed by atoms with van der Waals surface area (Å²) in [7, 11) is 0. The summed E-state index contributed by atoms with van der Waals surface area (Å²) in [6.45, 7) is 0. The van der Waals surface area contributed by atoms with Crippen LogP contribution >= 0.6 is 0 Å². The Balaban J connectivity index is 1.33. The Hall–Kier alpha value is -6.58. The van der Waals surface area contributed by atoms with Crippen LogP contribution in [0.1, 0.15) is 0 Å². The number of hydrogen-bond acceptors (Lipinski definition) is 1. The molecule has 11 aromatic rings. The molecule has 3 heterocycles. The number of para-hydroxylation sites is 3. The van der Waals surface area contributed by atoms with Crippen LogP contribution in [0.3, 0.4) is 0 Å². The molecular formula is C46H26N2O. The molecule has 12 rings (SSSR count). The van der Waals surface area contributed by atoms with Crippen LogP contribution in [0.5, 0.6) is 0 Å². The van der Waals surface area contributed by atoms with Gasteiger partial charge in [0, 0.05) is 43.7 Å². The van der Waals surface area contributed by atoms with Gasteiger partial charge in [-0.2, -0.15) is 0 Å². The zero-order valence-electron chi connectivity index (χ0n) is 26.3. The highest BCUT2D eigenvalue weighted by atomic mass is 16.3. The van der Waals surface area contributed by atoms with Crippen molar-refractivity contribution in [2.24, 2.45) is 0 Å². The van der Waals surface area contributed by atoms with Crippen LogP contribution in [0.4, 0.5) is 0 Å². The normalized spacial score (nSPS) is 12.5. The van der Waals surface area contributed by atoms with Crippen molar-refractivity contribution in [2.75, 3.05) is 0 Å². The summed E-state index contributed by atoms with van der Waals surface area (Å²) < 4.78 is 11.4. The number of nitrogens with zero attached hydrogens (tertiary/aromatic N) is 2. The number of benzene rings is 8. The Morgan fingerprint density at radius 2 is 1.06 bits per heavy atom. The fourth-order valence-corrected chi connectivity index (χ4v) is 8.92. The van der Waals surface area contributed by atoms with Gasteiger partial charge < -0.3 is 13.6 Å². The molecule has 1 aliphatic rings. The Kier molecular flexibility index (Phi) is 4.72. The zero-order chi connectivity index (χ0) is 31.8. The summed E-state index contributed by atoms with van der Waals surface area (Å²) in [5, 5.41) is 9.84. The summed E-state index contributed by atoms with van der Waals surface area (Å²) >= 11 is 0. The van der Waals surface area contributed by atoms with Gasteiger partial charge in [-0.1, -0.05) is 103 Å². The smallest absolute Gasteiger partial charge is 0.136 e. The van der Waals surface area contributed by atoms with Crippen LogP contribution in [0, 0.1) is 0 Å². The molecule has 0 bridgehead atoms. The van der Waals surface area contributed by atoms with Crippen molar-refractivity contribution in [3.8, 4) is 33.6 Å². The van der Waals surface area contributed by atoms with E-state index in [0.29, 0.717) is 0 Å². The standard InChI is InChI=1S/C46H26N2O/c1-2-12-28(13-3-1)47-37-19-8-6-16-33(37)44-39(47)22-21-35-43-38(23-24-41-45(43)34-17-7-9-20-40(34)49-41)48(46(35)44)29-25-27-11-10-18-32-30-14-4-5-15-31(30)36(26-29)42(27)32/h1-26H. The third kappa shape index (κ3) is 3.17. The van der Waals surface area contributed by atoms with Gasteiger partial charge in [-0.3, -0.25) is 0 Å². The fourth-order valence-electron chi connectivity index (χ4n) is 8.92. The van der Waals surface area contributed by atoms with E-state index >= 15 is 0 Å². The molecule has 3 nitrogen and oxygen atoms in total. The molecule has 3 heteroatoms. The first-order valence-electron chi connectivity index (χ1n) is 16.9. The number of fused-ring (bicyclic) bond motifs is 14. The lowest BCUT2D eigenvalue weighted by atomic mass is 10.0. The maximum Gasteiger partial charge on any atom is 0.136 e. The minimum atomic E-state index is 0.912. The van der Waals surface area contributed by atoms with Gasteiger partial charge in [-0.15, -0.1) is 0 Å². The SMILES string of the molecule is c1ccc(-n2c3ccccc3c3c2ccc2c4c5c(ccc4n(-c4cc6c7c(cccc7c4)-c4ccccc4-6)c23)oc2ccccc25)cc1. The molecule has 8 aromatic carbocycles. The predicted octanol–water partition coefficient (Wildman–Crippen LogP) is 12.6. The molecule has 1 aliphatic carbocycles. The van der Waals surface area contributed by atoms with Gasteiger partial charge in [0.15, 0.2) is 0 Å². The van der Waals surface area contributed by atoms with E-state index in [-0.39, 0.29) is 0 Å². The molecule has 0 fully saturated rings. The van der Waals surface area contributed by atoms with E-state index in [9.17, 15) is 0 Å². The van der Waals surface area contributed by atoms with E-state index in [1.54, 1.807) is 0 Å². The van der Waals surface area contributed by atoms with Crippen molar-refractivity contribution in [1.82, 2.24) is 9.13 Å². The first-order valence-corrected chi connectivity index (χ1v) is 16.9. The number of hydrogen-bond donors (Lipinski definition) is 0. The lowest BCUT2D eigenvalue weighted by molar-refractivity contribution is 0.669. The van der Waals surface area contributed by atoms with E-state index < -0.39 is 0 Å². The maximum atomic E-state index is 6.47. The molecule has 0 saturated heterocycles. The Bertz CT molecular complexity index is 3210. The summed E-state index contributed by atoms with van der Waals surface area (Å²) in [5.41, 5.74) is 14.1. The third-order valence-corrected chi connectivity index (χ3v) is 10.8. The fraction of sp³-hybridized carbons (Fsp3) is 0.